The Morgan fingerprint density at radius 2 is 1.59 bits per heavy atom. The summed E-state index contributed by atoms with van der Waals surface area (Å²) in [5, 5.41) is 12.5. The van der Waals surface area contributed by atoms with Gasteiger partial charge in [-0.05, 0) is 30.0 Å². The maximum Gasteiger partial charge on any atom is 0.326 e. The Morgan fingerprint density at radius 1 is 0.966 bits per heavy atom. The first-order chi connectivity index (χ1) is 13.7. The Hall–Kier alpha value is -2.18. The van der Waals surface area contributed by atoms with Gasteiger partial charge in [-0.15, -0.1) is 0 Å². The Morgan fingerprint density at radius 3 is 2.17 bits per heavy atom. The third-order valence-corrected chi connectivity index (χ3v) is 5.74. The molecule has 0 aliphatic carbocycles. The lowest BCUT2D eigenvalue weighted by atomic mass is 9.97. The first-order valence-corrected chi connectivity index (χ1v) is 11.2. The minimum absolute atomic E-state index is 0.122. The number of nitrogens with one attached hydrogen (secondary N) is 1. The van der Waals surface area contributed by atoms with Gasteiger partial charge in [-0.2, -0.15) is 0 Å². The van der Waals surface area contributed by atoms with Crippen molar-refractivity contribution in [3.05, 3.63) is 70.7 Å². The second-order valence-corrected chi connectivity index (χ2v) is 8.91. The number of aliphatic carboxylic acids is 1. The monoisotopic (exact) mass is 439 g/mol. The van der Waals surface area contributed by atoms with Crippen LogP contribution in [0.3, 0.4) is 0 Å². The number of amides is 1. The molecule has 156 valence electrons. The molecule has 7 nitrogen and oxygen atoms in total. The minimum atomic E-state index is -4.44. The fraction of sp³-hybridized carbons (Fsp3) is 0.300. The molecule has 2 aromatic rings. The molecule has 2 unspecified atom stereocenters. The highest BCUT2D eigenvalue weighted by atomic mass is 35.5. The van der Waals surface area contributed by atoms with E-state index in [1.165, 1.54) is 0 Å². The normalized spacial score (nSPS) is 13.5. The van der Waals surface area contributed by atoms with Crippen molar-refractivity contribution < 1.29 is 29.0 Å². The summed E-state index contributed by atoms with van der Waals surface area (Å²) in [5.41, 5.74) is 1.40. The molecular weight excluding hydrogens is 417 g/mol. The van der Waals surface area contributed by atoms with Crippen molar-refractivity contribution >= 4 is 31.1 Å². The Bertz CT molecular complexity index is 886. The van der Waals surface area contributed by atoms with Gasteiger partial charge in [0.05, 0.1) is 18.0 Å². The molecule has 9 heteroatoms. The van der Waals surface area contributed by atoms with Crippen LogP contribution in [-0.4, -0.2) is 39.5 Å². The van der Waals surface area contributed by atoms with E-state index in [0.29, 0.717) is 10.6 Å². The molecule has 29 heavy (non-hydrogen) atoms. The molecule has 2 aromatic carbocycles. The third-order valence-electron chi connectivity index (χ3n) is 4.45. The largest absolute Gasteiger partial charge is 0.481 e. The highest BCUT2D eigenvalue weighted by Crippen LogP contribution is 2.37. The van der Waals surface area contributed by atoms with E-state index < -0.39 is 37.5 Å². The highest BCUT2D eigenvalue weighted by Gasteiger charge is 2.29. The number of hydrogen-bond acceptors (Lipinski definition) is 3. The van der Waals surface area contributed by atoms with Crippen molar-refractivity contribution in [1.82, 2.24) is 5.32 Å². The summed E-state index contributed by atoms with van der Waals surface area (Å²) in [6, 6.07) is 15.7. The number of carbonyl (C=O) groups excluding carboxylic acids is 1. The molecule has 0 bridgehead atoms. The zero-order valence-electron chi connectivity index (χ0n) is 15.6. The maximum atomic E-state index is 12.6. The molecule has 0 radical (unpaired) electrons. The average Bonchev–Trinajstić information content (AvgIpc) is 2.65. The van der Waals surface area contributed by atoms with Crippen LogP contribution in [0.4, 0.5) is 0 Å². The minimum Gasteiger partial charge on any atom is -0.481 e. The lowest BCUT2D eigenvalue weighted by molar-refractivity contribution is -0.141. The van der Waals surface area contributed by atoms with E-state index in [1.54, 1.807) is 54.6 Å². The Kier molecular flexibility index (Phi) is 8.41. The molecular formula is C20H23ClNO6P. The second kappa shape index (κ2) is 10.6. The van der Waals surface area contributed by atoms with Gasteiger partial charge >= 0.3 is 13.6 Å². The summed E-state index contributed by atoms with van der Waals surface area (Å²) in [4.78, 5) is 42.9. The molecule has 0 aromatic heterocycles. The van der Waals surface area contributed by atoms with E-state index >= 15 is 0 Å². The smallest absolute Gasteiger partial charge is 0.326 e. The molecule has 4 N–H and O–H groups in total. The lowest BCUT2D eigenvalue weighted by Crippen LogP contribution is -2.39. The van der Waals surface area contributed by atoms with Gasteiger partial charge in [0.15, 0.2) is 0 Å². The third kappa shape index (κ3) is 7.99. The van der Waals surface area contributed by atoms with Crippen LogP contribution in [0, 0.1) is 11.8 Å². The van der Waals surface area contributed by atoms with E-state index in [0.717, 1.165) is 5.56 Å². The van der Waals surface area contributed by atoms with Crippen LogP contribution in [0.2, 0.25) is 5.02 Å². The second-order valence-electron chi connectivity index (χ2n) is 6.81. The van der Waals surface area contributed by atoms with Crippen LogP contribution < -0.4 is 5.32 Å². The number of rotatable bonds is 10. The molecule has 2 atom stereocenters. The quantitative estimate of drug-likeness (QED) is 0.422. The van der Waals surface area contributed by atoms with Crippen molar-refractivity contribution in [2.24, 2.45) is 11.8 Å². The van der Waals surface area contributed by atoms with Crippen molar-refractivity contribution in [1.29, 1.82) is 0 Å². The topological polar surface area (TPSA) is 124 Å². The van der Waals surface area contributed by atoms with Crippen LogP contribution >= 0.6 is 19.2 Å². The Balaban J connectivity index is 2.06. The van der Waals surface area contributed by atoms with Crippen LogP contribution in [0.15, 0.2) is 54.6 Å². The van der Waals surface area contributed by atoms with E-state index in [9.17, 15) is 29.0 Å². The lowest BCUT2D eigenvalue weighted by Gasteiger charge is -2.20. The van der Waals surface area contributed by atoms with Gasteiger partial charge in [-0.25, -0.2) is 0 Å². The molecule has 0 fully saturated rings. The van der Waals surface area contributed by atoms with Crippen LogP contribution in [0.1, 0.15) is 11.1 Å². The van der Waals surface area contributed by atoms with Crippen molar-refractivity contribution in [2.45, 2.75) is 12.8 Å². The fourth-order valence-electron chi connectivity index (χ4n) is 2.97. The van der Waals surface area contributed by atoms with E-state index in [-0.39, 0.29) is 19.4 Å². The van der Waals surface area contributed by atoms with Crippen LogP contribution in [0.25, 0.3) is 0 Å². The summed E-state index contributed by atoms with van der Waals surface area (Å²) in [7, 11) is -4.44. The van der Waals surface area contributed by atoms with Crippen molar-refractivity contribution in [3.8, 4) is 0 Å². The van der Waals surface area contributed by atoms with Gasteiger partial charge < -0.3 is 20.2 Å². The van der Waals surface area contributed by atoms with Gasteiger partial charge in [-0.3, -0.25) is 14.2 Å². The number of benzene rings is 2. The molecule has 0 aliphatic heterocycles. The number of carboxylic acids is 1. The van der Waals surface area contributed by atoms with Crippen molar-refractivity contribution in [2.75, 3.05) is 12.7 Å². The molecule has 0 aliphatic rings. The van der Waals surface area contributed by atoms with E-state index in [2.05, 4.69) is 5.32 Å². The summed E-state index contributed by atoms with van der Waals surface area (Å²) < 4.78 is 11.5. The fourth-order valence-corrected chi connectivity index (χ4v) is 4.05. The predicted molar refractivity (Wildman–Crippen MR) is 110 cm³/mol. The predicted octanol–water partition coefficient (Wildman–Crippen LogP) is 2.74. The first-order valence-electron chi connectivity index (χ1n) is 8.98. The molecule has 1 amide bonds. The zero-order valence-corrected chi connectivity index (χ0v) is 17.2. The molecule has 0 heterocycles. The van der Waals surface area contributed by atoms with E-state index in [4.69, 9.17) is 11.6 Å². The van der Waals surface area contributed by atoms with Gasteiger partial charge in [0.25, 0.3) is 0 Å². The number of carboxylic acid groups (broad SMARTS) is 1. The standard InChI is InChI=1S/C20H23ClNO6P/c21-18-9-5-4-8-15(18)11-16(20(24)25)12-22-19(23)17(13-29(26,27)28)10-14-6-2-1-3-7-14/h1-9,16-17H,10-13H2,(H,22,23)(H,24,25)(H2,26,27,28). The van der Waals surface area contributed by atoms with Crippen LogP contribution in [0.5, 0.6) is 0 Å². The summed E-state index contributed by atoms with van der Waals surface area (Å²) >= 11 is 6.08. The molecule has 0 saturated heterocycles. The van der Waals surface area contributed by atoms with Gasteiger partial charge in [0.1, 0.15) is 0 Å². The molecule has 0 saturated carbocycles. The Labute approximate surface area is 173 Å². The molecule has 2 rings (SSSR count). The maximum absolute atomic E-state index is 12.6. The summed E-state index contributed by atoms with van der Waals surface area (Å²) in [6.45, 7) is -0.175. The zero-order chi connectivity index (χ0) is 21.4. The van der Waals surface area contributed by atoms with Crippen molar-refractivity contribution in [3.63, 3.8) is 0 Å². The van der Waals surface area contributed by atoms with Crippen LogP contribution in [-0.2, 0) is 27.0 Å². The van der Waals surface area contributed by atoms with E-state index in [1.807, 2.05) is 0 Å². The number of halogens is 1. The summed E-state index contributed by atoms with van der Waals surface area (Å²) in [5.74, 6) is -3.60. The van der Waals surface area contributed by atoms with Gasteiger partial charge in [0.2, 0.25) is 5.91 Å². The van der Waals surface area contributed by atoms with Gasteiger partial charge in [-0.1, -0.05) is 60.1 Å². The summed E-state index contributed by atoms with van der Waals surface area (Å²) in [6.07, 6.45) is -0.354. The number of carbonyl (C=O) groups is 2. The van der Waals surface area contributed by atoms with Gasteiger partial charge in [0, 0.05) is 11.6 Å². The highest BCUT2D eigenvalue weighted by molar-refractivity contribution is 7.51. The first kappa shape index (κ1) is 23.1. The average molecular weight is 440 g/mol. The molecule has 0 spiro atoms. The SMILES string of the molecule is O=C(O)C(CNC(=O)C(Cc1ccccc1)CP(=O)(O)O)Cc1ccccc1Cl. The number of hydrogen-bond donors (Lipinski definition) is 4.